The summed E-state index contributed by atoms with van der Waals surface area (Å²) in [5.41, 5.74) is 6.32. The van der Waals surface area contributed by atoms with Gasteiger partial charge in [-0.25, -0.2) is 8.42 Å². The average molecular weight is 353 g/mol. The molecule has 1 amide bonds. The van der Waals surface area contributed by atoms with Gasteiger partial charge in [-0.15, -0.1) is 0 Å². The minimum absolute atomic E-state index is 0.0168. The van der Waals surface area contributed by atoms with Crippen molar-refractivity contribution in [2.75, 3.05) is 6.54 Å². The second-order valence-electron chi connectivity index (χ2n) is 6.83. The summed E-state index contributed by atoms with van der Waals surface area (Å²) in [5.74, 6) is 0.248. The SMILES string of the molecule is CC(C)S(=O)(=O)c1ccc(C(=O)NC(CN)C2CCCCC2)cc1. The molecule has 0 spiro atoms. The molecule has 134 valence electrons. The van der Waals surface area contributed by atoms with E-state index < -0.39 is 15.1 Å². The maximum Gasteiger partial charge on any atom is 0.251 e. The lowest BCUT2D eigenvalue weighted by atomic mass is 9.84. The number of rotatable bonds is 6. The van der Waals surface area contributed by atoms with Crippen LogP contribution in [-0.2, 0) is 9.84 Å². The minimum atomic E-state index is -3.32. The van der Waals surface area contributed by atoms with Gasteiger partial charge in [0.05, 0.1) is 10.1 Å². The van der Waals surface area contributed by atoms with E-state index >= 15 is 0 Å². The van der Waals surface area contributed by atoms with E-state index in [9.17, 15) is 13.2 Å². The van der Waals surface area contributed by atoms with E-state index in [4.69, 9.17) is 5.73 Å². The highest BCUT2D eigenvalue weighted by Gasteiger charge is 2.25. The van der Waals surface area contributed by atoms with Gasteiger partial charge in [-0.3, -0.25) is 4.79 Å². The van der Waals surface area contributed by atoms with Crippen LogP contribution in [-0.4, -0.2) is 32.2 Å². The molecular formula is C18H28N2O3S. The van der Waals surface area contributed by atoms with Crippen LogP contribution in [0.2, 0.25) is 0 Å². The molecule has 24 heavy (non-hydrogen) atoms. The zero-order chi connectivity index (χ0) is 17.7. The van der Waals surface area contributed by atoms with Gasteiger partial charge >= 0.3 is 0 Å². The molecule has 0 aliphatic heterocycles. The monoisotopic (exact) mass is 352 g/mol. The van der Waals surface area contributed by atoms with Gasteiger partial charge in [0, 0.05) is 18.2 Å². The Morgan fingerprint density at radius 2 is 1.75 bits per heavy atom. The molecule has 1 atom stereocenters. The third kappa shape index (κ3) is 4.36. The van der Waals surface area contributed by atoms with Gasteiger partial charge in [-0.1, -0.05) is 19.3 Å². The highest BCUT2D eigenvalue weighted by atomic mass is 32.2. The van der Waals surface area contributed by atoms with E-state index in [-0.39, 0.29) is 16.8 Å². The molecule has 1 unspecified atom stereocenters. The smallest absolute Gasteiger partial charge is 0.251 e. The predicted octanol–water partition coefficient (Wildman–Crippen LogP) is 2.51. The molecule has 0 heterocycles. The van der Waals surface area contributed by atoms with Crippen LogP contribution in [0.25, 0.3) is 0 Å². The molecule has 1 aromatic carbocycles. The topological polar surface area (TPSA) is 89.3 Å². The standard InChI is InChI=1S/C18H28N2O3S/c1-13(2)24(22,23)16-10-8-15(9-11-16)18(21)20-17(12-19)14-6-4-3-5-7-14/h8-11,13-14,17H,3-7,12,19H2,1-2H3,(H,20,21). The number of hydrogen-bond acceptors (Lipinski definition) is 4. The average Bonchev–Trinajstić information content (AvgIpc) is 2.60. The van der Waals surface area contributed by atoms with Crippen LogP contribution in [0.4, 0.5) is 0 Å². The number of nitrogens with two attached hydrogens (primary N) is 1. The summed E-state index contributed by atoms with van der Waals surface area (Å²) in [5, 5.41) is 2.54. The fourth-order valence-corrected chi connectivity index (χ4v) is 4.29. The zero-order valence-corrected chi connectivity index (χ0v) is 15.3. The van der Waals surface area contributed by atoms with Crippen LogP contribution < -0.4 is 11.1 Å². The van der Waals surface area contributed by atoms with Crippen molar-refractivity contribution in [2.24, 2.45) is 11.7 Å². The van der Waals surface area contributed by atoms with Crippen LogP contribution >= 0.6 is 0 Å². The van der Waals surface area contributed by atoms with Crippen molar-refractivity contribution >= 4 is 15.7 Å². The van der Waals surface area contributed by atoms with Crippen molar-refractivity contribution in [3.8, 4) is 0 Å². The zero-order valence-electron chi connectivity index (χ0n) is 14.5. The molecule has 0 saturated heterocycles. The van der Waals surface area contributed by atoms with Crippen LogP contribution in [0.15, 0.2) is 29.2 Å². The normalized spacial score (nSPS) is 17.7. The first kappa shape index (κ1) is 18.9. The number of carbonyl (C=O) groups excluding carboxylic acids is 1. The van der Waals surface area contributed by atoms with Crippen molar-refractivity contribution in [3.63, 3.8) is 0 Å². The Labute approximate surface area is 144 Å². The van der Waals surface area contributed by atoms with E-state index in [0.29, 0.717) is 18.0 Å². The second kappa shape index (κ2) is 8.12. The molecule has 0 radical (unpaired) electrons. The molecule has 5 nitrogen and oxygen atoms in total. The highest BCUT2D eigenvalue weighted by molar-refractivity contribution is 7.92. The van der Waals surface area contributed by atoms with Gasteiger partial charge in [-0.05, 0) is 56.9 Å². The highest BCUT2D eigenvalue weighted by Crippen LogP contribution is 2.26. The third-order valence-electron chi connectivity index (χ3n) is 4.85. The Morgan fingerprint density at radius 3 is 2.25 bits per heavy atom. The number of nitrogens with one attached hydrogen (secondary N) is 1. The molecule has 1 aliphatic carbocycles. The fourth-order valence-electron chi connectivity index (χ4n) is 3.23. The molecule has 1 saturated carbocycles. The summed E-state index contributed by atoms with van der Waals surface area (Å²) in [4.78, 5) is 12.7. The van der Waals surface area contributed by atoms with Crippen LogP contribution in [0, 0.1) is 5.92 Å². The van der Waals surface area contributed by atoms with Gasteiger partial charge in [0.15, 0.2) is 9.84 Å². The third-order valence-corrected chi connectivity index (χ3v) is 7.03. The van der Waals surface area contributed by atoms with Gasteiger partial charge in [0.25, 0.3) is 5.91 Å². The maximum atomic E-state index is 12.4. The molecule has 3 N–H and O–H groups in total. The van der Waals surface area contributed by atoms with E-state index in [2.05, 4.69) is 5.32 Å². The van der Waals surface area contributed by atoms with Gasteiger partial charge < -0.3 is 11.1 Å². The lowest BCUT2D eigenvalue weighted by Crippen LogP contribution is -2.45. The predicted molar refractivity (Wildman–Crippen MR) is 95.6 cm³/mol. The largest absolute Gasteiger partial charge is 0.348 e. The summed E-state index contributed by atoms with van der Waals surface area (Å²) < 4.78 is 24.3. The Bertz CT molecular complexity index is 647. The minimum Gasteiger partial charge on any atom is -0.348 e. The molecule has 2 rings (SSSR count). The summed E-state index contributed by atoms with van der Waals surface area (Å²) in [6.45, 7) is 3.72. The van der Waals surface area contributed by atoms with E-state index in [1.807, 2.05) is 0 Å². The summed E-state index contributed by atoms with van der Waals surface area (Å²) in [7, 11) is -3.32. The van der Waals surface area contributed by atoms with Crippen LogP contribution in [0.3, 0.4) is 0 Å². The molecule has 6 heteroatoms. The molecular weight excluding hydrogens is 324 g/mol. The number of carbonyl (C=O) groups is 1. The number of amides is 1. The molecule has 1 aromatic rings. The van der Waals surface area contributed by atoms with Crippen molar-refractivity contribution in [3.05, 3.63) is 29.8 Å². The molecule has 1 fully saturated rings. The van der Waals surface area contributed by atoms with Crippen LogP contribution in [0.5, 0.6) is 0 Å². The van der Waals surface area contributed by atoms with Gasteiger partial charge in [-0.2, -0.15) is 0 Å². The lowest BCUT2D eigenvalue weighted by molar-refractivity contribution is 0.0915. The Kier molecular flexibility index (Phi) is 6.40. The fraction of sp³-hybridized carbons (Fsp3) is 0.611. The maximum absolute atomic E-state index is 12.4. The number of hydrogen-bond donors (Lipinski definition) is 2. The molecule has 1 aliphatic rings. The van der Waals surface area contributed by atoms with Gasteiger partial charge in [0.2, 0.25) is 0 Å². The van der Waals surface area contributed by atoms with Crippen molar-refractivity contribution in [1.29, 1.82) is 0 Å². The van der Waals surface area contributed by atoms with Crippen molar-refractivity contribution in [1.82, 2.24) is 5.32 Å². The van der Waals surface area contributed by atoms with E-state index in [1.165, 1.54) is 31.4 Å². The van der Waals surface area contributed by atoms with E-state index in [0.717, 1.165) is 12.8 Å². The first-order valence-corrected chi connectivity index (χ1v) is 10.3. The lowest BCUT2D eigenvalue weighted by Gasteiger charge is -2.30. The number of sulfone groups is 1. The van der Waals surface area contributed by atoms with Crippen LogP contribution in [0.1, 0.15) is 56.3 Å². The van der Waals surface area contributed by atoms with E-state index in [1.54, 1.807) is 26.0 Å². The molecule has 0 bridgehead atoms. The Balaban J connectivity index is 2.06. The first-order valence-electron chi connectivity index (χ1n) is 8.71. The van der Waals surface area contributed by atoms with Crippen molar-refractivity contribution in [2.45, 2.75) is 62.1 Å². The first-order chi connectivity index (χ1) is 11.4. The summed E-state index contributed by atoms with van der Waals surface area (Å²) in [6.07, 6.45) is 5.85. The van der Waals surface area contributed by atoms with Crippen molar-refractivity contribution < 1.29 is 13.2 Å². The number of benzene rings is 1. The molecule has 0 aromatic heterocycles. The Hall–Kier alpha value is -1.40. The quantitative estimate of drug-likeness (QED) is 0.823. The summed E-state index contributed by atoms with van der Waals surface area (Å²) >= 11 is 0. The van der Waals surface area contributed by atoms with Gasteiger partial charge in [0.1, 0.15) is 0 Å². The second-order valence-corrected chi connectivity index (χ2v) is 9.34. The summed E-state index contributed by atoms with van der Waals surface area (Å²) in [6, 6.07) is 6.12. The Morgan fingerprint density at radius 1 is 1.17 bits per heavy atom.